The summed E-state index contributed by atoms with van der Waals surface area (Å²) in [5.74, 6) is 1.63. The number of furan rings is 1. The average Bonchev–Trinajstić information content (AvgIpc) is 2.99. The van der Waals surface area contributed by atoms with E-state index in [4.69, 9.17) is 4.42 Å². The molecule has 21 heavy (non-hydrogen) atoms. The largest absolute Gasteiger partial charge is 0.462 e. The van der Waals surface area contributed by atoms with Crippen molar-refractivity contribution in [1.29, 1.82) is 0 Å². The highest BCUT2D eigenvalue weighted by Gasteiger charge is 2.12. The van der Waals surface area contributed by atoms with Gasteiger partial charge < -0.3 is 4.42 Å². The van der Waals surface area contributed by atoms with E-state index < -0.39 is 0 Å². The quantitative estimate of drug-likeness (QED) is 0.682. The summed E-state index contributed by atoms with van der Waals surface area (Å²) in [6, 6.07) is 1.95. The molecular formula is C18H32N2O. The zero-order valence-corrected chi connectivity index (χ0v) is 15.2. The van der Waals surface area contributed by atoms with Crippen LogP contribution in [0.4, 0.5) is 0 Å². The van der Waals surface area contributed by atoms with Crippen molar-refractivity contribution in [2.75, 3.05) is 0 Å². The Morgan fingerprint density at radius 1 is 1.00 bits per heavy atom. The molecule has 0 radical (unpaired) electrons. The van der Waals surface area contributed by atoms with Crippen LogP contribution in [0, 0.1) is 13.8 Å². The Morgan fingerprint density at radius 3 is 2.00 bits per heavy atom. The molecular weight excluding hydrogens is 260 g/mol. The van der Waals surface area contributed by atoms with E-state index in [1.807, 2.05) is 67.7 Å². The van der Waals surface area contributed by atoms with Gasteiger partial charge in [-0.05, 0) is 37.5 Å². The van der Waals surface area contributed by atoms with E-state index in [2.05, 4.69) is 16.9 Å². The number of nitrogens with zero attached hydrogens (tertiary/aromatic N) is 2. The maximum absolute atomic E-state index is 5.46. The fourth-order valence-electron chi connectivity index (χ4n) is 1.57. The van der Waals surface area contributed by atoms with Gasteiger partial charge in [-0.2, -0.15) is 0 Å². The third-order valence-corrected chi connectivity index (χ3v) is 2.44. The molecule has 2 aromatic rings. The molecule has 0 saturated heterocycles. The minimum absolute atomic E-state index is 0.776. The maximum Gasteiger partial charge on any atom is 0.155 e. The number of rotatable bonds is 2. The molecule has 2 heterocycles. The summed E-state index contributed by atoms with van der Waals surface area (Å²) in [6.07, 6.45) is 4.48. The van der Waals surface area contributed by atoms with Gasteiger partial charge in [-0.25, -0.2) is 9.97 Å². The van der Waals surface area contributed by atoms with Crippen LogP contribution in [0.25, 0.3) is 11.5 Å². The van der Waals surface area contributed by atoms with Gasteiger partial charge in [0.1, 0.15) is 11.5 Å². The molecule has 0 amide bonds. The van der Waals surface area contributed by atoms with Crippen molar-refractivity contribution in [1.82, 2.24) is 9.97 Å². The zero-order chi connectivity index (χ0) is 16.8. The van der Waals surface area contributed by atoms with Crippen LogP contribution < -0.4 is 0 Å². The van der Waals surface area contributed by atoms with Crippen LogP contribution in [0.15, 0.2) is 22.9 Å². The molecule has 2 rings (SSSR count). The molecule has 0 spiro atoms. The Bertz CT molecular complexity index is 476. The smallest absolute Gasteiger partial charge is 0.155 e. The molecule has 0 bridgehead atoms. The van der Waals surface area contributed by atoms with Crippen LogP contribution in [0.3, 0.4) is 0 Å². The van der Waals surface area contributed by atoms with Crippen molar-refractivity contribution in [3.05, 3.63) is 35.5 Å². The molecule has 0 aliphatic carbocycles. The molecule has 0 N–H and O–H groups in total. The summed E-state index contributed by atoms with van der Waals surface area (Å²) in [7, 11) is 0. The SMILES string of the molecule is CC.CC.CC.CCc1cnc(C)nc1-c1occc1C. The van der Waals surface area contributed by atoms with Crippen molar-refractivity contribution >= 4 is 0 Å². The van der Waals surface area contributed by atoms with Gasteiger partial charge in [0, 0.05) is 6.20 Å². The minimum Gasteiger partial charge on any atom is -0.462 e. The highest BCUT2D eigenvalue weighted by molar-refractivity contribution is 5.60. The Labute approximate surface area is 130 Å². The van der Waals surface area contributed by atoms with Gasteiger partial charge in [0.15, 0.2) is 5.76 Å². The molecule has 3 heteroatoms. The lowest BCUT2D eigenvalue weighted by Gasteiger charge is -2.05. The average molecular weight is 292 g/mol. The summed E-state index contributed by atoms with van der Waals surface area (Å²) >= 11 is 0. The van der Waals surface area contributed by atoms with E-state index >= 15 is 0 Å². The van der Waals surface area contributed by atoms with E-state index in [9.17, 15) is 0 Å². The summed E-state index contributed by atoms with van der Waals surface area (Å²) < 4.78 is 5.46. The van der Waals surface area contributed by atoms with Gasteiger partial charge in [-0.3, -0.25) is 0 Å². The number of aromatic nitrogens is 2. The fraction of sp³-hybridized carbons (Fsp3) is 0.556. The number of hydrogen-bond acceptors (Lipinski definition) is 3. The minimum atomic E-state index is 0.776. The van der Waals surface area contributed by atoms with Gasteiger partial charge in [0.05, 0.1) is 6.26 Å². The first-order valence-corrected chi connectivity index (χ1v) is 8.09. The maximum atomic E-state index is 5.46. The van der Waals surface area contributed by atoms with Crippen LogP contribution >= 0.6 is 0 Å². The summed E-state index contributed by atoms with van der Waals surface area (Å²) in [5.41, 5.74) is 3.16. The number of aryl methyl sites for hydroxylation is 3. The van der Waals surface area contributed by atoms with Crippen LogP contribution in [-0.2, 0) is 6.42 Å². The standard InChI is InChI=1S/C12H14N2O.3C2H6/c1-4-10-7-13-9(3)14-11(10)12-8(2)5-6-15-12;3*1-2/h5-7H,4H2,1-3H3;3*1-2H3. The third kappa shape index (κ3) is 6.56. The van der Waals surface area contributed by atoms with Gasteiger partial charge in [-0.1, -0.05) is 48.5 Å². The predicted molar refractivity (Wildman–Crippen MR) is 92.6 cm³/mol. The van der Waals surface area contributed by atoms with Gasteiger partial charge in [0.2, 0.25) is 0 Å². The third-order valence-electron chi connectivity index (χ3n) is 2.44. The first-order chi connectivity index (χ1) is 10.2. The molecule has 3 nitrogen and oxygen atoms in total. The second kappa shape index (κ2) is 13.3. The Kier molecular flexibility index (Phi) is 13.8. The Morgan fingerprint density at radius 2 is 1.57 bits per heavy atom. The second-order valence-electron chi connectivity index (χ2n) is 3.58. The first-order valence-electron chi connectivity index (χ1n) is 8.09. The van der Waals surface area contributed by atoms with E-state index in [1.54, 1.807) is 6.26 Å². The topological polar surface area (TPSA) is 38.9 Å². The van der Waals surface area contributed by atoms with E-state index in [-0.39, 0.29) is 0 Å². The highest BCUT2D eigenvalue weighted by atomic mass is 16.3. The predicted octanol–water partition coefficient (Wildman–Crippen LogP) is 5.99. The van der Waals surface area contributed by atoms with Crippen molar-refractivity contribution in [2.24, 2.45) is 0 Å². The molecule has 0 aromatic carbocycles. The molecule has 0 atom stereocenters. The molecule has 120 valence electrons. The molecule has 2 aromatic heterocycles. The van der Waals surface area contributed by atoms with Gasteiger partial charge in [0.25, 0.3) is 0 Å². The van der Waals surface area contributed by atoms with Gasteiger partial charge in [-0.15, -0.1) is 0 Å². The lowest BCUT2D eigenvalue weighted by Crippen LogP contribution is -1.97. The van der Waals surface area contributed by atoms with Gasteiger partial charge >= 0.3 is 0 Å². The van der Waals surface area contributed by atoms with Crippen molar-refractivity contribution < 1.29 is 4.42 Å². The normalized spacial score (nSPS) is 8.43. The number of hydrogen-bond donors (Lipinski definition) is 0. The second-order valence-corrected chi connectivity index (χ2v) is 3.58. The highest BCUT2D eigenvalue weighted by Crippen LogP contribution is 2.25. The zero-order valence-electron chi connectivity index (χ0n) is 15.2. The first kappa shape index (κ1) is 21.7. The van der Waals surface area contributed by atoms with Crippen LogP contribution in [0.5, 0.6) is 0 Å². The van der Waals surface area contributed by atoms with E-state index in [0.717, 1.165) is 34.8 Å². The molecule has 0 saturated carbocycles. The lowest BCUT2D eigenvalue weighted by molar-refractivity contribution is 0.577. The Balaban J connectivity index is 0. The monoisotopic (exact) mass is 292 g/mol. The fourth-order valence-corrected chi connectivity index (χ4v) is 1.57. The van der Waals surface area contributed by atoms with Crippen molar-refractivity contribution in [2.45, 2.75) is 68.7 Å². The van der Waals surface area contributed by atoms with E-state index in [0.29, 0.717) is 0 Å². The summed E-state index contributed by atoms with van der Waals surface area (Å²) in [4.78, 5) is 8.64. The Hall–Kier alpha value is -1.64. The van der Waals surface area contributed by atoms with E-state index in [1.165, 1.54) is 0 Å². The molecule has 0 aliphatic heterocycles. The lowest BCUT2D eigenvalue weighted by atomic mass is 10.1. The van der Waals surface area contributed by atoms with Crippen LogP contribution in [0.2, 0.25) is 0 Å². The van der Waals surface area contributed by atoms with Crippen molar-refractivity contribution in [3.63, 3.8) is 0 Å². The van der Waals surface area contributed by atoms with Crippen LogP contribution in [0.1, 0.15) is 65.4 Å². The molecule has 0 fully saturated rings. The summed E-state index contributed by atoms with van der Waals surface area (Å²) in [6.45, 7) is 18.0. The molecule has 0 aliphatic rings. The van der Waals surface area contributed by atoms with Crippen molar-refractivity contribution in [3.8, 4) is 11.5 Å². The van der Waals surface area contributed by atoms with Crippen LogP contribution in [-0.4, -0.2) is 9.97 Å². The molecule has 0 unspecified atom stereocenters. The summed E-state index contributed by atoms with van der Waals surface area (Å²) in [5, 5.41) is 0.